The summed E-state index contributed by atoms with van der Waals surface area (Å²) in [6.07, 6.45) is 2.18. The third-order valence-electron chi connectivity index (χ3n) is 5.51. The van der Waals surface area contributed by atoms with E-state index in [2.05, 4.69) is 10.4 Å². The van der Waals surface area contributed by atoms with Gasteiger partial charge in [0.15, 0.2) is 0 Å². The second-order valence-electron chi connectivity index (χ2n) is 8.32. The number of halogens is 1. The second-order valence-corrected chi connectivity index (χ2v) is 10.7. The Labute approximate surface area is 190 Å². The quantitative estimate of drug-likeness (QED) is 0.626. The first-order valence-corrected chi connectivity index (χ1v) is 12.1. The molecule has 1 N–H and O–H groups in total. The summed E-state index contributed by atoms with van der Waals surface area (Å²) in [5, 5.41) is 0.629. The molecule has 1 fully saturated rings. The topological polar surface area (TPSA) is 101 Å². The van der Waals surface area contributed by atoms with Gasteiger partial charge in [0.05, 0.1) is 15.8 Å². The lowest BCUT2D eigenvalue weighted by molar-refractivity contribution is 0.101. The Bertz CT molecular complexity index is 1350. The van der Waals surface area contributed by atoms with Crippen molar-refractivity contribution in [3.63, 3.8) is 0 Å². The molecule has 10 heteroatoms. The predicted molar refractivity (Wildman–Crippen MR) is 123 cm³/mol. The normalized spacial score (nSPS) is 19.7. The molecule has 1 saturated heterocycles. The lowest BCUT2D eigenvalue weighted by atomic mass is 9.94. The van der Waals surface area contributed by atoms with Crippen LogP contribution in [0.3, 0.4) is 0 Å². The number of carbonyl (C=O) groups excluding carboxylic acids is 1. The van der Waals surface area contributed by atoms with Crippen molar-refractivity contribution in [1.82, 2.24) is 14.0 Å². The summed E-state index contributed by atoms with van der Waals surface area (Å²) in [6, 6.07) is 10.5. The number of aromatic nitrogens is 2. The van der Waals surface area contributed by atoms with E-state index in [1.807, 2.05) is 13.8 Å². The van der Waals surface area contributed by atoms with E-state index >= 15 is 0 Å². The number of nitrogens with one attached hydrogen (secondary N) is 1. The van der Waals surface area contributed by atoms with E-state index in [4.69, 9.17) is 11.6 Å². The summed E-state index contributed by atoms with van der Waals surface area (Å²) in [6.45, 7) is 4.96. The standard InChI is InChI=1S/C22H23ClN4O4S/c1-14-8-15(2)12-26(11-14)32(30,31)18-5-3-4-16(9-18)21(28)25-27-13-24-20-7-6-17(23)10-19(20)22(27)29/h3-7,9-10,13-15H,8,11-12H2,1-2H3,(H,25,28)/t14-,15-/m1/s1. The van der Waals surface area contributed by atoms with Crippen LogP contribution in [0, 0.1) is 11.8 Å². The fourth-order valence-corrected chi connectivity index (χ4v) is 5.99. The van der Waals surface area contributed by atoms with Crippen molar-refractivity contribution in [1.29, 1.82) is 0 Å². The number of amides is 1. The lowest BCUT2D eigenvalue weighted by Crippen LogP contribution is -2.42. The van der Waals surface area contributed by atoms with Crippen molar-refractivity contribution < 1.29 is 13.2 Å². The summed E-state index contributed by atoms with van der Waals surface area (Å²) in [4.78, 5) is 29.7. The van der Waals surface area contributed by atoms with Crippen LogP contribution in [0.2, 0.25) is 5.02 Å². The number of carbonyl (C=O) groups is 1. The zero-order chi connectivity index (χ0) is 23.0. The maximum Gasteiger partial charge on any atom is 0.280 e. The third kappa shape index (κ3) is 4.41. The zero-order valence-electron chi connectivity index (χ0n) is 17.7. The van der Waals surface area contributed by atoms with Gasteiger partial charge in [0, 0.05) is 23.7 Å². The van der Waals surface area contributed by atoms with Gasteiger partial charge in [-0.1, -0.05) is 31.5 Å². The highest BCUT2D eigenvalue weighted by atomic mass is 35.5. The number of sulfonamides is 1. The van der Waals surface area contributed by atoms with Gasteiger partial charge in [-0.3, -0.25) is 15.0 Å². The minimum absolute atomic E-state index is 0.0437. The molecule has 1 aliphatic heterocycles. The first-order valence-electron chi connectivity index (χ1n) is 10.2. The molecule has 8 nitrogen and oxygen atoms in total. The molecule has 0 bridgehead atoms. The van der Waals surface area contributed by atoms with E-state index in [9.17, 15) is 18.0 Å². The van der Waals surface area contributed by atoms with Crippen LogP contribution in [0.25, 0.3) is 10.9 Å². The average molecular weight is 475 g/mol. The molecule has 4 rings (SSSR count). The number of fused-ring (bicyclic) bond motifs is 1. The molecule has 2 aromatic carbocycles. The Kier molecular flexibility index (Phi) is 6.07. The highest BCUT2D eigenvalue weighted by molar-refractivity contribution is 7.89. The number of rotatable bonds is 4. The number of hydrogen-bond acceptors (Lipinski definition) is 5. The third-order valence-corrected chi connectivity index (χ3v) is 7.57. The van der Waals surface area contributed by atoms with Gasteiger partial charge in [0.2, 0.25) is 10.0 Å². The molecule has 0 unspecified atom stereocenters. The van der Waals surface area contributed by atoms with Crippen LogP contribution in [0.1, 0.15) is 30.6 Å². The highest BCUT2D eigenvalue weighted by Gasteiger charge is 2.32. The first-order chi connectivity index (χ1) is 15.1. The Hall–Kier alpha value is -2.75. The number of nitrogens with zero attached hydrogens (tertiary/aromatic N) is 3. The van der Waals surface area contributed by atoms with Crippen molar-refractivity contribution in [3.8, 4) is 0 Å². The zero-order valence-corrected chi connectivity index (χ0v) is 19.2. The predicted octanol–water partition coefficient (Wildman–Crippen LogP) is 3.10. The Morgan fingerprint density at radius 2 is 1.84 bits per heavy atom. The molecule has 2 atom stereocenters. The Morgan fingerprint density at radius 3 is 2.56 bits per heavy atom. The van der Waals surface area contributed by atoms with Gasteiger partial charge in [-0.2, -0.15) is 4.31 Å². The Balaban J connectivity index is 1.61. The van der Waals surface area contributed by atoms with E-state index in [0.29, 0.717) is 23.6 Å². The van der Waals surface area contributed by atoms with Crippen LogP contribution in [0.5, 0.6) is 0 Å². The van der Waals surface area contributed by atoms with Gasteiger partial charge in [0.25, 0.3) is 11.5 Å². The summed E-state index contributed by atoms with van der Waals surface area (Å²) in [5.41, 5.74) is 2.53. The van der Waals surface area contributed by atoms with E-state index < -0.39 is 21.5 Å². The first kappa shape index (κ1) is 22.4. The van der Waals surface area contributed by atoms with Crippen LogP contribution in [-0.4, -0.2) is 41.4 Å². The molecule has 3 aromatic rings. The molecule has 0 saturated carbocycles. The fraction of sp³-hybridized carbons (Fsp3) is 0.318. The van der Waals surface area contributed by atoms with Crippen molar-refractivity contribution in [3.05, 3.63) is 69.7 Å². The van der Waals surface area contributed by atoms with E-state index in [1.165, 1.54) is 41.0 Å². The molecule has 0 spiro atoms. The van der Waals surface area contributed by atoms with Crippen molar-refractivity contribution in [2.45, 2.75) is 25.2 Å². The molecular weight excluding hydrogens is 452 g/mol. The van der Waals surface area contributed by atoms with Gasteiger partial charge in [-0.05, 0) is 54.7 Å². The van der Waals surface area contributed by atoms with Crippen LogP contribution < -0.4 is 11.0 Å². The highest BCUT2D eigenvalue weighted by Crippen LogP contribution is 2.27. The Morgan fingerprint density at radius 1 is 1.12 bits per heavy atom. The fourth-order valence-electron chi connectivity index (χ4n) is 4.10. The average Bonchev–Trinajstić information content (AvgIpc) is 2.75. The van der Waals surface area contributed by atoms with Crippen LogP contribution in [0.15, 0.2) is 58.5 Å². The molecule has 32 heavy (non-hydrogen) atoms. The largest absolute Gasteiger partial charge is 0.280 e. The van der Waals surface area contributed by atoms with E-state index in [1.54, 1.807) is 12.1 Å². The maximum atomic E-state index is 13.2. The van der Waals surface area contributed by atoms with Crippen LogP contribution in [0.4, 0.5) is 0 Å². The van der Waals surface area contributed by atoms with Gasteiger partial charge in [0.1, 0.15) is 6.33 Å². The van der Waals surface area contributed by atoms with E-state index in [-0.39, 0.29) is 27.7 Å². The monoisotopic (exact) mass is 474 g/mol. The van der Waals surface area contributed by atoms with Crippen molar-refractivity contribution >= 4 is 38.4 Å². The maximum absolute atomic E-state index is 13.2. The number of piperidine rings is 1. The van der Waals surface area contributed by atoms with Crippen LogP contribution >= 0.6 is 11.6 Å². The minimum Gasteiger partial charge on any atom is -0.267 e. The number of benzene rings is 2. The minimum atomic E-state index is -3.74. The van der Waals surface area contributed by atoms with Crippen molar-refractivity contribution in [2.24, 2.45) is 11.8 Å². The second kappa shape index (κ2) is 8.65. The lowest BCUT2D eigenvalue weighted by Gasteiger charge is -2.34. The number of hydrogen-bond donors (Lipinski definition) is 1. The van der Waals surface area contributed by atoms with Gasteiger partial charge in [-0.25, -0.2) is 18.1 Å². The molecule has 0 aliphatic carbocycles. The molecular formula is C22H23ClN4O4S. The van der Waals surface area contributed by atoms with Gasteiger partial charge >= 0.3 is 0 Å². The molecule has 1 aromatic heterocycles. The summed E-state index contributed by atoms with van der Waals surface area (Å²) in [5.74, 6) is -0.103. The van der Waals surface area contributed by atoms with Crippen LogP contribution in [-0.2, 0) is 10.0 Å². The molecule has 168 valence electrons. The molecule has 1 amide bonds. The smallest absolute Gasteiger partial charge is 0.267 e. The van der Waals surface area contributed by atoms with Gasteiger partial charge in [-0.15, -0.1) is 0 Å². The molecule has 0 radical (unpaired) electrons. The summed E-state index contributed by atoms with van der Waals surface area (Å²) in [7, 11) is -3.74. The molecule has 1 aliphatic rings. The van der Waals surface area contributed by atoms with Gasteiger partial charge < -0.3 is 0 Å². The summed E-state index contributed by atoms with van der Waals surface area (Å²) >= 11 is 5.96. The van der Waals surface area contributed by atoms with E-state index in [0.717, 1.165) is 11.1 Å². The van der Waals surface area contributed by atoms with Crippen molar-refractivity contribution in [2.75, 3.05) is 18.5 Å². The molecule has 2 heterocycles. The summed E-state index contributed by atoms with van der Waals surface area (Å²) < 4.78 is 28.8. The SMILES string of the molecule is C[C@@H]1C[C@@H](C)CN(S(=O)(=O)c2cccc(C(=O)Nn3cnc4ccc(Cl)cc4c3=O)c2)C1.